The van der Waals surface area contributed by atoms with Crippen LogP contribution in [0.2, 0.25) is 0 Å². The normalized spacial score (nSPS) is 9.56. The number of halogens is 1. The summed E-state index contributed by atoms with van der Waals surface area (Å²) in [6, 6.07) is 0. The molecule has 0 saturated heterocycles. The SMILES string of the molecule is CSC(=S)CCCCCl. The molecule has 0 aliphatic heterocycles. The maximum atomic E-state index is 5.48. The molecule has 0 radical (unpaired) electrons. The Hall–Kier alpha value is 0.730. The molecule has 0 spiro atoms. The number of unbranched alkanes of at least 4 members (excludes halogenated alkanes) is 1. The van der Waals surface area contributed by atoms with Crippen molar-refractivity contribution < 1.29 is 0 Å². The lowest BCUT2D eigenvalue weighted by atomic mass is 10.3. The van der Waals surface area contributed by atoms with Crippen LogP contribution in [0.25, 0.3) is 0 Å². The van der Waals surface area contributed by atoms with E-state index in [2.05, 4.69) is 0 Å². The maximum Gasteiger partial charge on any atom is 0.0475 e. The van der Waals surface area contributed by atoms with Crippen molar-refractivity contribution in [1.29, 1.82) is 0 Å². The quantitative estimate of drug-likeness (QED) is 0.373. The van der Waals surface area contributed by atoms with Crippen molar-refractivity contribution in [2.24, 2.45) is 0 Å². The summed E-state index contributed by atoms with van der Waals surface area (Å²) in [5, 5.41) is 0. The average molecular weight is 183 g/mol. The first kappa shape index (κ1) is 9.73. The molecule has 0 amide bonds. The van der Waals surface area contributed by atoms with Crippen LogP contribution in [0.1, 0.15) is 19.3 Å². The zero-order valence-corrected chi connectivity index (χ0v) is 7.91. The Morgan fingerprint density at radius 2 is 2.22 bits per heavy atom. The van der Waals surface area contributed by atoms with Crippen LogP contribution in [-0.2, 0) is 0 Å². The fourth-order valence-corrected chi connectivity index (χ4v) is 1.15. The van der Waals surface area contributed by atoms with Gasteiger partial charge in [-0.2, -0.15) is 0 Å². The Labute approximate surface area is 71.3 Å². The number of hydrogen-bond acceptors (Lipinski definition) is 2. The topological polar surface area (TPSA) is 0 Å². The lowest BCUT2D eigenvalue weighted by Gasteiger charge is -1.95. The standard InChI is InChI=1S/C6H11ClS2/c1-9-6(8)4-2-3-5-7/h2-5H2,1H3. The molecule has 9 heavy (non-hydrogen) atoms. The van der Waals surface area contributed by atoms with Crippen LogP contribution in [-0.4, -0.2) is 16.3 Å². The smallest absolute Gasteiger partial charge is 0.0475 e. The molecule has 0 saturated carbocycles. The van der Waals surface area contributed by atoms with Gasteiger partial charge < -0.3 is 0 Å². The molecule has 0 aromatic rings. The van der Waals surface area contributed by atoms with Gasteiger partial charge in [0.1, 0.15) is 0 Å². The summed E-state index contributed by atoms with van der Waals surface area (Å²) in [5.74, 6) is 0.761. The van der Waals surface area contributed by atoms with E-state index in [0.717, 1.165) is 29.3 Å². The van der Waals surface area contributed by atoms with Crippen molar-refractivity contribution in [2.45, 2.75) is 19.3 Å². The van der Waals surface area contributed by atoms with Gasteiger partial charge in [0.05, 0.1) is 0 Å². The molecule has 0 fully saturated rings. The average Bonchev–Trinajstić information content (AvgIpc) is 1.89. The Balaban J connectivity index is 2.97. The van der Waals surface area contributed by atoms with Crippen LogP contribution in [0.3, 0.4) is 0 Å². The predicted octanol–water partition coefficient (Wildman–Crippen LogP) is 3.09. The van der Waals surface area contributed by atoms with E-state index in [-0.39, 0.29) is 0 Å². The third kappa shape index (κ3) is 6.62. The summed E-state index contributed by atoms with van der Waals surface area (Å²) in [6.45, 7) is 0. The van der Waals surface area contributed by atoms with Crippen molar-refractivity contribution in [3.8, 4) is 0 Å². The molecule has 3 heteroatoms. The number of rotatable bonds is 4. The van der Waals surface area contributed by atoms with Gasteiger partial charge >= 0.3 is 0 Å². The largest absolute Gasteiger partial charge is 0.127 e. The molecule has 54 valence electrons. The van der Waals surface area contributed by atoms with E-state index >= 15 is 0 Å². The molecule has 0 N–H and O–H groups in total. The summed E-state index contributed by atoms with van der Waals surface area (Å²) < 4.78 is 1.10. The minimum atomic E-state index is 0.761. The van der Waals surface area contributed by atoms with Crippen LogP contribution in [0, 0.1) is 0 Å². The van der Waals surface area contributed by atoms with E-state index in [9.17, 15) is 0 Å². The number of hydrogen-bond donors (Lipinski definition) is 0. The summed E-state index contributed by atoms with van der Waals surface area (Å²) in [7, 11) is 0. The van der Waals surface area contributed by atoms with Crippen molar-refractivity contribution in [1.82, 2.24) is 0 Å². The highest BCUT2D eigenvalue weighted by Crippen LogP contribution is 2.07. The van der Waals surface area contributed by atoms with E-state index in [4.69, 9.17) is 23.8 Å². The van der Waals surface area contributed by atoms with Gasteiger partial charge in [-0.25, -0.2) is 0 Å². The van der Waals surface area contributed by atoms with Gasteiger partial charge in [0.15, 0.2) is 0 Å². The van der Waals surface area contributed by atoms with Gasteiger partial charge in [-0.3, -0.25) is 0 Å². The second-order valence-electron chi connectivity index (χ2n) is 1.72. The van der Waals surface area contributed by atoms with Gasteiger partial charge in [-0.1, -0.05) is 12.2 Å². The van der Waals surface area contributed by atoms with Crippen molar-refractivity contribution >= 4 is 39.8 Å². The highest BCUT2D eigenvalue weighted by Gasteiger charge is 1.92. The molecule has 0 aromatic heterocycles. The minimum Gasteiger partial charge on any atom is -0.127 e. The Bertz CT molecular complexity index is 83.1. The number of thiocarbonyl (C=S) groups is 1. The highest BCUT2D eigenvalue weighted by molar-refractivity contribution is 8.22. The maximum absolute atomic E-state index is 5.48. The van der Waals surface area contributed by atoms with E-state index in [1.807, 2.05) is 6.26 Å². The van der Waals surface area contributed by atoms with Gasteiger partial charge in [-0.15, -0.1) is 23.4 Å². The molecular weight excluding hydrogens is 172 g/mol. The molecule has 0 atom stereocenters. The Morgan fingerprint density at radius 3 is 2.67 bits per heavy atom. The monoisotopic (exact) mass is 182 g/mol. The Morgan fingerprint density at radius 1 is 1.56 bits per heavy atom. The van der Waals surface area contributed by atoms with Crippen molar-refractivity contribution in [3.63, 3.8) is 0 Å². The van der Waals surface area contributed by atoms with Gasteiger partial charge in [0.25, 0.3) is 0 Å². The zero-order chi connectivity index (χ0) is 7.11. The Kier molecular flexibility index (Phi) is 7.40. The second-order valence-corrected chi connectivity index (χ2v) is 3.75. The molecule has 0 aliphatic carbocycles. The fraction of sp³-hybridized carbons (Fsp3) is 0.833. The minimum absolute atomic E-state index is 0.761. The zero-order valence-electron chi connectivity index (χ0n) is 5.52. The van der Waals surface area contributed by atoms with E-state index in [1.165, 1.54) is 0 Å². The third-order valence-electron chi connectivity index (χ3n) is 0.992. The van der Waals surface area contributed by atoms with Crippen LogP contribution in [0.15, 0.2) is 0 Å². The highest BCUT2D eigenvalue weighted by atomic mass is 35.5. The summed E-state index contributed by atoms with van der Waals surface area (Å²) in [4.78, 5) is 0. The molecule has 0 aliphatic rings. The van der Waals surface area contributed by atoms with Gasteiger partial charge in [0, 0.05) is 10.1 Å². The van der Waals surface area contributed by atoms with Crippen molar-refractivity contribution in [2.75, 3.05) is 12.1 Å². The van der Waals surface area contributed by atoms with Crippen LogP contribution in [0.4, 0.5) is 0 Å². The lowest BCUT2D eigenvalue weighted by molar-refractivity contribution is 0.851. The van der Waals surface area contributed by atoms with Gasteiger partial charge in [-0.05, 0) is 25.5 Å². The number of thioether (sulfide) groups is 1. The van der Waals surface area contributed by atoms with E-state index < -0.39 is 0 Å². The van der Waals surface area contributed by atoms with Crippen LogP contribution in [0.5, 0.6) is 0 Å². The van der Waals surface area contributed by atoms with E-state index in [0.29, 0.717) is 0 Å². The van der Waals surface area contributed by atoms with Crippen LogP contribution >= 0.6 is 35.6 Å². The van der Waals surface area contributed by atoms with Gasteiger partial charge in [0.2, 0.25) is 0 Å². The van der Waals surface area contributed by atoms with E-state index in [1.54, 1.807) is 11.8 Å². The molecule has 0 nitrogen and oxygen atoms in total. The first-order valence-corrected chi connectivity index (χ1v) is 5.10. The van der Waals surface area contributed by atoms with Crippen LogP contribution < -0.4 is 0 Å². The third-order valence-corrected chi connectivity index (χ3v) is 2.62. The molecule has 0 heterocycles. The molecule has 0 rings (SSSR count). The molecule has 0 bridgehead atoms. The predicted molar refractivity (Wildman–Crippen MR) is 50.7 cm³/mol. The van der Waals surface area contributed by atoms with Crippen molar-refractivity contribution in [3.05, 3.63) is 0 Å². The molecular formula is C6H11ClS2. The summed E-state index contributed by atoms with van der Waals surface area (Å²) in [6.07, 6.45) is 5.29. The summed E-state index contributed by atoms with van der Waals surface area (Å²) >= 11 is 12.1. The first-order chi connectivity index (χ1) is 4.31. The fourth-order valence-electron chi connectivity index (χ4n) is 0.466. The second kappa shape index (κ2) is 6.84. The lowest BCUT2D eigenvalue weighted by Crippen LogP contribution is -1.86. The first-order valence-electron chi connectivity index (χ1n) is 2.94. The summed E-state index contributed by atoms with van der Waals surface area (Å²) in [5.41, 5.74) is 0. The molecule has 0 unspecified atom stereocenters. The molecule has 0 aromatic carbocycles. The number of alkyl halides is 1.